The van der Waals surface area contributed by atoms with E-state index in [1.807, 2.05) is 0 Å². The van der Waals surface area contributed by atoms with Crippen LogP contribution >= 0.6 is 11.6 Å². The van der Waals surface area contributed by atoms with E-state index in [1.54, 1.807) is 39.0 Å². The lowest BCUT2D eigenvalue weighted by Crippen LogP contribution is -2.47. The summed E-state index contributed by atoms with van der Waals surface area (Å²) in [6, 6.07) is 3.76. The zero-order chi connectivity index (χ0) is 22.6. The molecule has 0 aliphatic carbocycles. The summed E-state index contributed by atoms with van der Waals surface area (Å²) in [5.74, 6) is -0.0333. The third-order valence-corrected chi connectivity index (χ3v) is 4.44. The normalized spacial score (nSPS) is 12.2. The Morgan fingerprint density at radius 2 is 1.80 bits per heavy atom. The van der Waals surface area contributed by atoms with E-state index in [2.05, 4.69) is 17.6 Å². The minimum absolute atomic E-state index is 0.374. The molecule has 0 radical (unpaired) electrons. The van der Waals surface area contributed by atoms with Crippen molar-refractivity contribution in [1.82, 2.24) is 5.32 Å². The smallest absolute Gasteiger partial charge is 0.408 e. The number of halogens is 1. The highest BCUT2D eigenvalue weighted by atomic mass is 35.5. The molecule has 0 saturated heterocycles. The Morgan fingerprint density at radius 1 is 1.13 bits per heavy atom. The van der Waals surface area contributed by atoms with Gasteiger partial charge in [0.15, 0.2) is 0 Å². The number of rotatable bonds is 12. The molecule has 1 rings (SSSR count). The van der Waals surface area contributed by atoms with Gasteiger partial charge in [0.1, 0.15) is 17.4 Å². The van der Waals surface area contributed by atoms with Gasteiger partial charge < -0.3 is 25.2 Å². The quantitative estimate of drug-likeness (QED) is 0.400. The zero-order valence-electron chi connectivity index (χ0n) is 18.4. The second-order valence-corrected chi connectivity index (χ2v) is 8.54. The molecule has 2 amide bonds. The molecule has 1 aromatic rings. The Balaban J connectivity index is 2.51. The van der Waals surface area contributed by atoms with Crippen LogP contribution in [0.1, 0.15) is 66.2 Å². The van der Waals surface area contributed by atoms with Gasteiger partial charge in [0, 0.05) is 5.69 Å². The van der Waals surface area contributed by atoms with Gasteiger partial charge in [0.25, 0.3) is 0 Å². The summed E-state index contributed by atoms with van der Waals surface area (Å²) in [4.78, 5) is 24.2. The molecule has 8 heteroatoms. The van der Waals surface area contributed by atoms with Gasteiger partial charge in [-0.2, -0.15) is 0 Å². The minimum atomic E-state index is -1.15. The van der Waals surface area contributed by atoms with Crippen LogP contribution in [-0.2, 0) is 9.53 Å². The van der Waals surface area contributed by atoms with Crippen molar-refractivity contribution in [1.29, 1.82) is 0 Å². The lowest BCUT2D eigenvalue weighted by Gasteiger charge is -2.22. The lowest BCUT2D eigenvalue weighted by molar-refractivity contribution is -0.119. The van der Waals surface area contributed by atoms with E-state index in [9.17, 15) is 14.7 Å². The molecule has 0 fully saturated rings. The molecule has 1 atom stereocenters. The van der Waals surface area contributed by atoms with E-state index in [0.29, 0.717) is 23.1 Å². The number of alkyl carbamates (subject to hydrolysis) is 1. The van der Waals surface area contributed by atoms with Crippen LogP contribution in [0.2, 0.25) is 5.02 Å². The first-order valence-corrected chi connectivity index (χ1v) is 10.9. The molecule has 0 bridgehead atoms. The predicted molar refractivity (Wildman–Crippen MR) is 119 cm³/mol. The number of carbonyl (C=O) groups excluding carboxylic acids is 2. The number of aliphatic hydroxyl groups is 1. The number of ether oxygens (including phenoxy) is 2. The number of unbranched alkanes of at least 4 members (excludes halogenated alkanes) is 5. The van der Waals surface area contributed by atoms with Gasteiger partial charge in [-0.25, -0.2) is 4.79 Å². The van der Waals surface area contributed by atoms with E-state index in [-0.39, 0.29) is 0 Å². The molecule has 0 aliphatic heterocycles. The summed E-state index contributed by atoms with van der Waals surface area (Å²) in [6.45, 7) is 7.33. The maximum atomic E-state index is 12.3. The summed E-state index contributed by atoms with van der Waals surface area (Å²) < 4.78 is 10.8. The summed E-state index contributed by atoms with van der Waals surface area (Å²) in [7, 11) is 0. The van der Waals surface area contributed by atoms with Gasteiger partial charge in [0.05, 0.1) is 18.2 Å². The van der Waals surface area contributed by atoms with Crippen LogP contribution in [0, 0.1) is 0 Å². The van der Waals surface area contributed by atoms with Crippen molar-refractivity contribution in [2.45, 2.75) is 77.9 Å². The molecular weight excluding hydrogens is 408 g/mol. The van der Waals surface area contributed by atoms with Crippen molar-refractivity contribution in [2.75, 3.05) is 18.5 Å². The Kier molecular flexibility index (Phi) is 11.6. The standard InChI is InChI=1S/C22H35ClN2O5/c1-5-6-7-8-9-10-13-29-19-12-11-16(14-17(19)23)24-20(27)18(15-26)25-21(28)30-22(2,3)4/h11-12,14,18,26H,5-10,13,15H2,1-4H3,(H,24,27)(H,25,28)/t18-/m0/s1. The number of benzene rings is 1. The first kappa shape index (κ1) is 26.0. The molecule has 0 saturated carbocycles. The third kappa shape index (κ3) is 10.7. The number of nitrogens with one attached hydrogen (secondary N) is 2. The Labute approximate surface area is 184 Å². The maximum absolute atomic E-state index is 12.3. The third-order valence-electron chi connectivity index (χ3n) is 4.14. The summed E-state index contributed by atoms with van der Waals surface area (Å²) in [6.07, 6.45) is 6.26. The van der Waals surface area contributed by atoms with Gasteiger partial charge >= 0.3 is 6.09 Å². The molecule has 1 aromatic carbocycles. The highest BCUT2D eigenvalue weighted by Crippen LogP contribution is 2.28. The maximum Gasteiger partial charge on any atom is 0.408 e. The van der Waals surface area contributed by atoms with Gasteiger partial charge in [-0.3, -0.25) is 4.79 Å². The van der Waals surface area contributed by atoms with Crippen LogP contribution in [0.4, 0.5) is 10.5 Å². The average molecular weight is 443 g/mol. The van der Waals surface area contributed by atoms with E-state index in [4.69, 9.17) is 21.1 Å². The molecule has 0 spiro atoms. The number of hydrogen-bond donors (Lipinski definition) is 3. The topological polar surface area (TPSA) is 96.9 Å². The summed E-state index contributed by atoms with van der Waals surface area (Å²) >= 11 is 6.25. The number of amides is 2. The SMILES string of the molecule is CCCCCCCCOc1ccc(NC(=O)[C@H](CO)NC(=O)OC(C)(C)C)cc1Cl. The molecule has 170 valence electrons. The van der Waals surface area contributed by atoms with Crippen molar-refractivity contribution >= 4 is 29.3 Å². The Hall–Kier alpha value is -1.99. The fourth-order valence-corrected chi connectivity index (χ4v) is 2.87. The number of aliphatic hydroxyl groups excluding tert-OH is 1. The monoisotopic (exact) mass is 442 g/mol. The van der Waals surface area contributed by atoms with Crippen molar-refractivity contribution in [2.24, 2.45) is 0 Å². The fraction of sp³-hybridized carbons (Fsp3) is 0.636. The number of carbonyl (C=O) groups is 2. The highest BCUT2D eigenvalue weighted by molar-refractivity contribution is 6.32. The largest absolute Gasteiger partial charge is 0.492 e. The van der Waals surface area contributed by atoms with E-state index >= 15 is 0 Å². The first-order valence-electron chi connectivity index (χ1n) is 10.5. The summed E-state index contributed by atoms with van der Waals surface area (Å²) in [5, 5.41) is 14.8. The van der Waals surface area contributed by atoms with Crippen LogP contribution in [-0.4, -0.2) is 42.0 Å². The van der Waals surface area contributed by atoms with Crippen LogP contribution in [0.3, 0.4) is 0 Å². The minimum Gasteiger partial charge on any atom is -0.492 e. The molecule has 0 aromatic heterocycles. The highest BCUT2D eigenvalue weighted by Gasteiger charge is 2.24. The first-order chi connectivity index (χ1) is 14.2. The van der Waals surface area contributed by atoms with E-state index < -0.39 is 30.3 Å². The predicted octanol–water partition coefficient (Wildman–Crippen LogP) is 4.90. The molecular formula is C22H35ClN2O5. The second kappa shape index (κ2) is 13.3. The van der Waals surface area contributed by atoms with Gasteiger partial charge in [-0.15, -0.1) is 0 Å². The van der Waals surface area contributed by atoms with E-state index in [1.165, 1.54) is 25.7 Å². The molecule has 30 heavy (non-hydrogen) atoms. The van der Waals surface area contributed by atoms with Crippen LogP contribution in [0.15, 0.2) is 18.2 Å². The molecule has 0 aliphatic rings. The Bertz CT molecular complexity index is 676. The summed E-state index contributed by atoms with van der Waals surface area (Å²) in [5.41, 5.74) is -0.277. The second-order valence-electron chi connectivity index (χ2n) is 8.13. The molecule has 3 N–H and O–H groups in total. The van der Waals surface area contributed by atoms with Gasteiger partial charge in [-0.1, -0.05) is 50.6 Å². The van der Waals surface area contributed by atoms with Crippen LogP contribution in [0.5, 0.6) is 5.75 Å². The van der Waals surface area contributed by atoms with Crippen molar-refractivity contribution in [3.05, 3.63) is 23.2 Å². The molecule has 0 unspecified atom stereocenters. The van der Waals surface area contributed by atoms with Crippen molar-refractivity contribution in [3.8, 4) is 5.75 Å². The van der Waals surface area contributed by atoms with Crippen LogP contribution in [0.25, 0.3) is 0 Å². The average Bonchev–Trinajstić information content (AvgIpc) is 2.65. The Morgan fingerprint density at radius 3 is 2.40 bits per heavy atom. The van der Waals surface area contributed by atoms with Gasteiger partial charge in [0.2, 0.25) is 5.91 Å². The van der Waals surface area contributed by atoms with Crippen molar-refractivity contribution < 1.29 is 24.2 Å². The number of hydrogen-bond acceptors (Lipinski definition) is 5. The van der Waals surface area contributed by atoms with Gasteiger partial charge in [-0.05, 0) is 45.4 Å². The fourth-order valence-electron chi connectivity index (χ4n) is 2.63. The lowest BCUT2D eigenvalue weighted by atomic mass is 10.1. The van der Waals surface area contributed by atoms with E-state index in [0.717, 1.165) is 12.8 Å². The number of anilines is 1. The van der Waals surface area contributed by atoms with Crippen LogP contribution < -0.4 is 15.4 Å². The molecule has 0 heterocycles. The zero-order valence-corrected chi connectivity index (χ0v) is 19.2. The molecule has 7 nitrogen and oxygen atoms in total. The van der Waals surface area contributed by atoms with Crippen molar-refractivity contribution in [3.63, 3.8) is 0 Å².